The van der Waals surface area contributed by atoms with Crippen LogP contribution < -0.4 is 10.6 Å². The van der Waals surface area contributed by atoms with Crippen LogP contribution in [0.2, 0.25) is 0 Å². The van der Waals surface area contributed by atoms with Gasteiger partial charge in [0.05, 0.1) is 31.4 Å². The quantitative estimate of drug-likeness (QED) is 0.161. The summed E-state index contributed by atoms with van der Waals surface area (Å²) >= 11 is 0. The fourth-order valence-electron chi connectivity index (χ4n) is 3.86. The number of carbonyl (C=O) groups excluding carboxylic acids is 1. The summed E-state index contributed by atoms with van der Waals surface area (Å²) in [5.74, 6) is 0.717. The van der Waals surface area contributed by atoms with Crippen molar-refractivity contribution in [3.05, 3.63) is 40.3 Å². The van der Waals surface area contributed by atoms with Gasteiger partial charge < -0.3 is 34.7 Å². The molecule has 0 fully saturated rings. The van der Waals surface area contributed by atoms with Crippen LogP contribution in [0.25, 0.3) is 0 Å². The van der Waals surface area contributed by atoms with E-state index in [4.69, 9.17) is 24.1 Å². The largest absolute Gasteiger partial charge is 0.459 e. The van der Waals surface area contributed by atoms with E-state index in [1.165, 1.54) is 18.3 Å². The van der Waals surface area contributed by atoms with Crippen molar-refractivity contribution in [2.75, 3.05) is 58.0 Å². The van der Waals surface area contributed by atoms with Crippen molar-refractivity contribution in [2.45, 2.75) is 33.5 Å². The van der Waals surface area contributed by atoms with Crippen LogP contribution in [0.3, 0.4) is 0 Å². The Kier molecular flexibility index (Phi) is 13.1. The van der Waals surface area contributed by atoms with E-state index < -0.39 is 11.2 Å². The van der Waals surface area contributed by atoms with Gasteiger partial charge in [-0.15, -0.1) is 0 Å². The summed E-state index contributed by atoms with van der Waals surface area (Å²) < 4.78 is 22.7. The van der Waals surface area contributed by atoms with Crippen molar-refractivity contribution >= 4 is 17.4 Å². The number of aliphatic hydroxyl groups excluding tert-OH is 1. The highest BCUT2D eigenvalue weighted by molar-refractivity contribution is 5.91. The first-order chi connectivity index (χ1) is 17.4. The predicted molar refractivity (Wildman–Crippen MR) is 132 cm³/mol. The van der Waals surface area contributed by atoms with Crippen LogP contribution >= 0.6 is 0 Å². The summed E-state index contributed by atoms with van der Waals surface area (Å²) in [6.45, 7) is 8.86. The molecule has 2 rings (SSSR count). The van der Waals surface area contributed by atoms with Crippen LogP contribution in [-0.2, 0) is 23.7 Å². The number of ether oxygens (including phenoxy) is 4. The zero-order valence-electron chi connectivity index (χ0n) is 21.2. The third-order valence-corrected chi connectivity index (χ3v) is 5.63. The van der Waals surface area contributed by atoms with Gasteiger partial charge in [-0.05, 0) is 37.3 Å². The molecule has 0 bridgehead atoms. The van der Waals surface area contributed by atoms with E-state index in [0.717, 1.165) is 0 Å². The van der Waals surface area contributed by atoms with Gasteiger partial charge in [-0.3, -0.25) is 14.9 Å². The molecule has 3 atom stereocenters. The molecule has 1 aliphatic heterocycles. The third-order valence-electron chi connectivity index (χ3n) is 5.63. The molecule has 2 heterocycles. The monoisotopic (exact) mass is 510 g/mol. The Bertz CT molecular complexity index is 834. The zero-order chi connectivity index (χ0) is 26.3. The highest BCUT2D eigenvalue weighted by Crippen LogP contribution is 2.36. The number of hydrogen-bond donors (Lipinski definition) is 3. The van der Waals surface area contributed by atoms with Crippen LogP contribution in [0.5, 0.6) is 0 Å². The van der Waals surface area contributed by atoms with E-state index >= 15 is 0 Å². The number of aromatic nitrogens is 1. The molecule has 202 valence electrons. The Hall–Kier alpha value is -2.80. The second-order valence-corrected chi connectivity index (χ2v) is 8.54. The highest BCUT2D eigenvalue weighted by Gasteiger charge is 2.38. The van der Waals surface area contributed by atoms with E-state index in [1.807, 2.05) is 13.0 Å². The first-order valence-electron chi connectivity index (χ1n) is 12.3. The summed E-state index contributed by atoms with van der Waals surface area (Å²) in [6.07, 6.45) is 3.18. The molecule has 1 aromatic heterocycles. The Balaban J connectivity index is 1.88. The maximum Gasteiger partial charge on any atom is 0.287 e. The maximum atomic E-state index is 12.8. The molecule has 12 nitrogen and oxygen atoms in total. The van der Waals surface area contributed by atoms with Gasteiger partial charge in [-0.1, -0.05) is 13.8 Å². The second kappa shape index (κ2) is 16.0. The standard InChI is InChI=1S/C24H38N4O8/c1-4-35-24-19(7-11-33-13-14-34-12-10-29)20(17(2)3)15-21(36-24)23(30)26-9-8-25-22-6-5-18(16-27-22)28(31)32/h5-6,15-17,19-20,24,29H,4,7-14H2,1-3H3,(H,25,27)(H,26,30)/t19-,20-,24-/m1/s1. The number of aliphatic hydroxyl groups is 1. The van der Waals surface area contributed by atoms with Crippen LogP contribution in [0.15, 0.2) is 30.2 Å². The van der Waals surface area contributed by atoms with Gasteiger partial charge in [-0.25, -0.2) is 4.98 Å². The number of anilines is 1. The highest BCUT2D eigenvalue weighted by atomic mass is 16.7. The maximum absolute atomic E-state index is 12.8. The van der Waals surface area contributed by atoms with Gasteiger partial charge in [-0.2, -0.15) is 0 Å². The number of allylic oxidation sites excluding steroid dienone is 1. The van der Waals surface area contributed by atoms with E-state index in [1.54, 1.807) is 0 Å². The van der Waals surface area contributed by atoms with Gasteiger partial charge in [0.2, 0.25) is 6.29 Å². The third kappa shape index (κ3) is 9.69. The summed E-state index contributed by atoms with van der Waals surface area (Å²) in [7, 11) is 0. The minimum absolute atomic E-state index is 0.0126. The van der Waals surface area contributed by atoms with Gasteiger partial charge >= 0.3 is 0 Å². The lowest BCUT2D eigenvalue weighted by Crippen LogP contribution is -2.42. The average molecular weight is 511 g/mol. The van der Waals surface area contributed by atoms with Crippen LogP contribution in [0.4, 0.5) is 11.5 Å². The molecule has 0 radical (unpaired) electrons. The van der Waals surface area contributed by atoms with Crippen molar-refractivity contribution < 1.29 is 33.8 Å². The molecule has 1 aliphatic rings. The van der Waals surface area contributed by atoms with Crippen molar-refractivity contribution in [1.29, 1.82) is 0 Å². The van der Waals surface area contributed by atoms with Crippen molar-refractivity contribution in [3.63, 3.8) is 0 Å². The van der Waals surface area contributed by atoms with Crippen molar-refractivity contribution in [3.8, 4) is 0 Å². The van der Waals surface area contributed by atoms with Crippen molar-refractivity contribution in [2.24, 2.45) is 17.8 Å². The molecular formula is C24H38N4O8. The van der Waals surface area contributed by atoms with Gasteiger partial charge in [0.25, 0.3) is 11.6 Å². The van der Waals surface area contributed by atoms with E-state index in [0.29, 0.717) is 58.4 Å². The number of carbonyl (C=O) groups is 1. The second-order valence-electron chi connectivity index (χ2n) is 8.54. The molecule has 3 N–H and O–H groups in total. The number of amides is 1. The number of nitrogens with one attached hydrogen (secondary N) is 2. The van der Waals surface area contributed by atoms with Crippen LogP contribution in [-0.4, -0.2) is 79.9 Å². The smallest absolute Gasteiger partial charge is 0.287 e. The summed E-state index contributed by atoms with van der Waals surface area (Å²) in [5, 5.41) is 25.3. The fourth-order valence-corrected chi connectivity index (χ4v) is 3.86. The Morgan fingerprint density at radius 1 is 1.22 bits per heavy atom. The first kappa shape index (κ1) is 29.4. The lowest BCUT2D eigenvalue weighted by atomic mass is 9.79. The molecule has 1 amide bonds. The number of hydrogen-bond acceptors (Lipinski definition) is 10. The van der Waals surface area contributed by atoms with Gasteiger partial charge in [0.1, 0.15) is 12.0 Å². The van der Waals surface area contributed by atoms with Crippen molar-refractivity contribution in [1.82, 2.24) is 10.3 Å². The molecule has 0 aliphatic carbocycles. The number of rotatable bonds is 17. The van der Waals surface area contributed by atoms with Crippen LogP contribution in [0, 0.1) is 27.9 Å². The summed E-state index contributed by atoms with van der Waals surface area (Å²) in [5.41, 5.74) is -0.0873. The van der Waals surface area contributed by atoms with E-state index in [2.05, 4.69) is 29.5 Å². The minimum atomic E-state index is -0.565. The lowest BCUT2D eigenvalue weighted by Gasteiger charge is -2.38. The SMILES string of the molecule is CCO[C@@H]1OC(C(=O)NCCNc2ccc([N+](=O)[O-])cn2)=C[C@H](C(C)C)[C@H]1CCOCCOCCO. The van der Waals surface area contributed by atoms with Gasteiger partial charge in [0, 0.05) is 38.3 Å². The lowest BCUT2D eigenvalue weighted by molar-refractivity contribution is -0.385. The molecule has 36 heavy (non-hydrogen) atoms. The molecule has 0 saturated heterocycles. The summed E-state index contributed by atoms with van der Waals surface area (Å²) in [4.78, 5) is 27.0. The predicted octanol–water partition coefficient (Wildman–Crippen LogP) is 2.10. The Morgan fingerprint density at radius 2 is 1.97 bits per heavy atom. The molecular weight excluding hydrogens is 472 g/mol. The zero-order valence-corrected chi connectivity index (χ0v) is 21.2. The average Bonchev–Trinajstić information content (AvgIpc) is 2.86. The fraction of sp³-hybridized carbons (Fsp3) is 0.667. The topological polar surface area (TPSA) is 154 Å². The minimum Gasteiger partial charge on any atom is -0.459 e. The Morgan fingerprint density at radius 3 is 2.58 bits per heavy atom. The number of nitrogens with zero attached hydrogens (tertiary/aromatic N) is 2. The number of pyridine rings is 1. The number of nitro groups is 1. The normalized spacial score (nSPS) is 19.5. The van der Waals surface area contributed by atoms with E-state index in [9.17, 15) is 14.9 Å². The first-order valence-corrected chi connectivity index (χ1v) is 12.3. The van der Waals surface area contributed by atoms with E-state index in [-0.39, 0.29) is 41.7 Å². The molecule has 0 aromatic carbocycles. The molecule has 1 aromatic rings. The molecule has 0 unspecified atom stereocenters. The molecule has 0 saturated carbocycles. The van der Waals surface area contributed by atoms with Crippen LogP contribution in [0.1, 0.15) is 27.2 Å². The molecule has 12 heteroatoms. The summed E-state index contributed by atoms with van der Waals surface area (Å²) in [6, 6.07) is 2.87. The van der Waals surface area contributed by atoms with Gasteiger partial charge in [0.15, 0.2) is 5.76 Å². The Labute approximate surface area is 211 Å². The molecule has 0 spiro atoms.